The summed E-state index contributed by atoms with van der Waals surface area (Å²) in [7, 11) is 1.23. The van der Waals surface area contributed by atoms with E-state index in [4.69, 9.17) is 11.6 Å². The number of halogens is 7. The molecule has 0 aliphatic heterocycles. The molecule has 0 bridgehead atoms. The lowest BCUT2D eigenvalue weighted by molar-refractivity contribution is -0.143. The molecule has 3 rings (SSSR count). The lowest BCUT2D eigenvalue weighted by atomic mass is 9.99. The number of carbonyl (C=O) groups is 2. The highest BCUT2D eigenvalue weighted by atomic mass is 35.5. The number of nitrogens with zero attached hydrogens (tertiary/aromatic N) is 1. The molecular weight excluding hydrogens is 522 g/mol. The van der Waals surface area contributed by atoms with Crippen molar-refractivity contribution >= 4 is 29.1 Å². The maximum Gasteiger partial charge on any atom is 0.416 e. The number of para-hydroxylation sites is 1. The number of hydrogen-bond acceptors (Lipinski definition) is 2. The Kier molecular flexibility index (Phi) is 8.53. The van der Waals surface area contributed by atoms with Crippen molar-refractivity contribution in [2.45, 2.75) is 31.2 Å². The number of nitrogens with one attached hydrogen (secondary N) is 1. The molecule has 0 spiro atoms. The van der Waals surface area contributed by atoms with Gasteiger partial charge in [0.1, 0.15) is 0 Å². The Morgan fingerprint density at radius 1 is 0.865 bits per heavy atom. The standard InChI is InChI=1S/C26H21ClF6N2O2/c1-35(24(37)17-12-18(25(28,29)30)14-19(13-17)26(31,32)33)22(11-16-7-9-20(27)10-8-16)15-23(36)34-21-5-3-2-4-6-21/h2-10,12-14,22H,11,15H2,1H3,(H,34,36). The van der Waals surface area contributed by atoms with Crippen LogP contribution in [0.25, 0.3) is 0 Å². The summed E-state index contributed by atoms with van der Waals surface area (Å²) >= 11 is 5.91. The van der Waals surface area contributed by atoms with E-state index in [1.807, 2.05) is 0 Å². The van der Waals surface area contributed by atoms with Gasteiger partial charge in [0, 0.05) is 35.8 Å². The maximum atomic E-state index is 13.3. The third-order valence-corrected chi connectivity index (χ3v) is 5.82. The van der Waals surface area contributed by atoms with Crippen LogP contribution in [-0.4, -0.2) is 29.8 Å². The smallest absolute Gasteiger partial charge is 0.338 e. The third-order valence-electron chi connectivity index (χ3n) is 5.57. The molecule has 196 valence electrons. The van der Waals surface area contributed by atoms with E-state index >= 15 is 0 Å². The van der Waals surface area contributed by atoms with Crippen LogP contribution in [0.2, 0.25) is 5.02 Å². The number of alkyl halides is 6. The van der Waals surface area contributed by atoms with Crippen LogP contribution in [-0.2, 0) is 23.6 Å². The SMILES string of the molecule is CN(C(=O)c1cc(C(F)(F)F)cc(C(F)(F)F)c1)C(CC(=O)Nc1ccccc1)Cc1ccc(Cl)cc1. The molecule has 3 aromatic carbocycles. The quantitative estimate of drug-likeness (QED) is 0.324. The molecule has 0 aliphatic carbocycles. The predicted octanol–water partition coefficient (Wildman–Crippen LogP) is 7.09. The summed E-state index contributed by atoms with van der Waals surface area (Å²) in [6.07, 6.45) is -10.4. The van der Waals surface area contributed by atoms with E-state index in [0.29, 0.717) is 28.4 Å². The average molecular weight is 543 g/mol. The summed E-state index contributed by atoms with van der Waals surface area (Å²) < 4.78 is 79.8. The molecule has 3 aromatic rings. The molecule has 1 atom stereocenters. The molecule has 0 saturated heterocycles. The number of anilines is 1. The fourth-order valence-corrected chi connectivity index (χ4v) is 3.76. The van der Waals surface area contributed by atoms with Crippen molar-refractivity contribution in [3.05, 3.63) is 100 Å². The van der Waals surface area contributed by atoms with Crippen LogP contribution in [0.1, 0.15) is 33.5 Å². The molecule has 0 aliphatic rings. The third kappa shape index (κ3) is 7.72. The average Bonchev–Trinajstić information content (AvgIpc) is 2.83. The summed E-state index contributed by atoms with van der Waals surface area (Å²) in [4.78, 5) is 26.9. The lowest BCUT2D eigenvalue weighted by Crippen LogP contribution is -2.41. The fourth-order valence-electron chi connectivity index (χ4n) is 3.63. The molecule has 37 heavy (non-hydrogen) atoms. The minimum Gasteiger partial charge on any atom is -0.338 e. The van der Waals surface area contributed by atoms with Gasteiger partial charge in [-0.15, -0.1) is 0 Å². The van der Waals surface area contributed by atoms with Crippen molar-refractivity contribution in [3.63, 3.8) is 0 Å². The number of amides is 2. The van der Waals surface area contributed by atoms with Crippen molar-refractivity contribution in [2.24, 2.45) is 0 Å². The van der Waals surface area contributed by atoms with Crippen LogP contribution in [0.4, 0.5) is 32.0 Å². The van der Waals surface area contributed by atoms with Crippen LogP contribution < -0.4 is 5.32 Å². The van der Waals surface area contributed by atoms with Gasteiger partial charge in [-0.05, 0) is 54.4 Å². The summed E-state index contributed by atoms with van der Waals surface area (Å²) in [6, 6.07) is 14.7. The van der Waals surface area contributed by atoms with E-state index < -0.39 is 46.9 Å². The second-order valence-electron chi connectivity index (χ2n) is 8.31. The highest BCUT2D eigenvalue weighted by Crippen LogP contribution is 2.36. The van der Waals surface area contributed by atoms with Gasteiger partial charge < -0.3 is 10.2 Å². The Morgan fingerprint density at radius 2 is 1.41 bits per heavy atom. The van der Waals surface area contributed by atoms with Gasteiger partial charge in [-0.25, -0.2) is 0 Å². The van der Waals surface area contributed by atoms with Gasteiger partial charge >= 0.3 is 12.4 Å². The van der Waals surface area contributed by atoms with Gasteiger partial charge in [-0.1, -0.05) is 41.9 Å². The van der Waals surface area contributed by atoms with Crippen LogP contribution in [0.15, 0.2) is 72.8 Å². The van der Waals surface area contributed by atoms with Crippen LogP contribution in [0.5, 0.6) is 0 Å². The number of carbonyl (C=O) groups excluding carboxylic acids is 2. The number of rotatable bonds is 7. The minimum atomic E-state index is -5.10. The van der Waals surface area contributed by atoms with Gasteiger partial charge in [-0.2, -0.15) is 26.3 Å². The summed E-state index contributed by atoms with van der Waals surface area (Å²) in [5.41, 5.74) is -2.86. The molecule has 1 N–H and O–H groups in total. The molecule has 11 heteroatoms. The Bertz CT molecular complexity index is 1210. The van der Waals surface area contributed by atoms with Crippen LogP contribution in [0.3, 0.4) is 0 Å². The van der Waals surface area contributed by atoms with E-state index in [0.717, 1.165) is 4.90 Å². The van der Waals surface area contributed by atoms with E-state index in [2.05, 4.69) is 5.32 Å². The van der Waals surface area contributed by atoms with Crippen molar-refractivity contribution in [3.8, 4) is 0 Å². The normalized spacial score (nSPS) is 12.6. The zero-order valence-electron chi connectivity index (χ0n) is 19.3. The Morgan fingerprint density at radius 3 is 1.92 bits per heavy atom. The molecule has 0 fully saturated rings. The summed E-state index contributed by atoms with van der Waals surface area (Å²) in [5, 5.41) is 3.10. The second kappa shape index (κ2) is 11.2. The summed E-state index contributed by atoms with van der Waals surface area (Å²) in [6.45, 7) is 0. The van der Waals surface area contributed by atoms with E-state index in [1.54, 1.807) is 54.6 Å². The van der Waals surface area contributed by atoms with Gasteiger partial charge in [-0.3, -0.25) is 9.59 Å². The molecular formula is C26H21ClF6N2O2. The van der Waals surface area contributed by atoms with Gasteiger partial charge in [0.05, 0.1) is 11.1 Å². The largest absolute Gasteiger partial charge is 0.416 e. The number of hydrogen-bond donors (Lipinski definition) is 1. The molecule has 1 unspecified atom stereocenters. The molecule has 0 saturated carbocycles. The van der Waals surface area contributed by atoms with Crippen LogP contribution >= 0.6 is 11.6 Å². The zero-order chi connectivity index (χ0) is 27.4. The lowest BCUT2D eigenvalue weighted by Gasteiger charge is -2.29. The maximum absolute atomic E-state index is 13.3. The summed E-state index contributed by atoms with van der Waals surface area (Å²) in [5.74, 6) is -1.59. The van der Waals surface area contributed by atoms with Crippen molar-refractivity contribution in [2.75, 3.05) is 12.4 Å². The molecule has 0 radical (unpaired) electrons. The van der Waals surface area contributed by atoms with Crippen molar-refractivity contribution < 1.29 is 35.9 Å². The monoisotopic (exact) mass is 542 g/mol. The first-order valence-corrected chi connectivity index (χ1v) is 11.3. The van der Waals surface area contributed by atoms with Gasteiger partial charge in [0.2, 0.25) is 5.91 Å². The molecule has 0 aromatic heterocycles. The topological polar surface area (TPSA) is 49.4 Å². The molecule has 4 nitrogen and oxygen atoms in total. The Balaban J connectivity index is 1.94. The van der Waals surface area contributed by atoms with E-state index in [1.165, 1.54) is 7.05 Å². The highest BCUT2D eigenvalue weighted by Gasteiger charge is 2.38. The molecule has 0 heterocycles. The first-order valence-electron chi connectivity index (χ1n) is 10.9. The Hall–Kier alpha value is -3.53. The number of benzene rings is 3. The highest BCUT2D eigenvalue weighted by molar-refractivity contribution is 6.30. The second-order valence-corrected chi connectivity index (χ2v) is 8.75. The minimum absolute atomic E-state index is 0.0464. The fraction of sp³-hybridized carbons (Fsp3) is 0.231. The zero-order valence-corrected chi connectivity index (χ0v) is 20.1. The van der Waals surface area contributed by atoms with E-state index in [9.17, 15) is 35.9 Å². The van der Waals surface area contributed by atoms with Gasteiger partial charge in [0.15, 0.2) is 0 Å². The predicted molar refractivity (Wildman–Crippen MR) is 127 cm³/mol. The Labute approximate surface area is 213 Å². The van der Waals surface area contributed by atoms with Crippen molar-refractivity contribution in [1.82, 2.24) is 4.90 Å². The van der Waals surface area contributed by atoms with Crippen LogP contribution in [0, 0.1) is 0 Å². The first-order chi connectivity index (χ1) is 17.2. The number of likely N-dealkylation sites (N-methyl/N-ethyl adjacent to an activating group) is 1. The van der Waals surface area contributed by atoms with Crippen molar-refractivity contribution in [1.29, 1.82) is 0 Å². The first kappa shape index (κ1) is 28.0. The van der Waals surface area contributed by atoms with Gasteiger partial charge in [0.25, 0.3) is 5.91 Å². The van der Waals surface area contributed by atoms with E-state index in [-0.39, 0.29) is 18.9 Å². The molecule has 2 amide bonds.